The van der Waals surface area contributed by atoms with Gasteiger partial charge in [0.25, 0.3) is 0 Å². The molecule has 0 aliphatic carbocycles. The van der Waals surface area contributed by atoms with Gasteiger partial charge in [0.1, 0.15) is 24.2 Å². The van der Waals surface area contributed by atoms with Crippen molar-refractivity contribution in [2.45, 2.75) is 12.4 Å². The lowest BCUT2D eigenvalue weighted by Gasteiger charge is -2.30. The Bertz CT molecular complexity index is 552. The van der Waals surface area contributed by atoms with Crippen molar-refractivity contribution in [2.24, 2.45) is 0 Å². The van der Waals surface area contributed by atoms with E-state index in [-0.39, 0.29) is 0 Å². The van der Waals surface area contributed by atoms with Crippen LogP contribution in [0.4, 0.5) is 39.5 Å². The molecule has 0 amide bonds. The van der Waals surface area contributed by atoms with E-state index in [0.717, 1.165) is 0 Å². The number of halogens is 9. The van der Waals surface area contributed by atoms with Crippen LogP contribution < -0.4 is 14.7 Å². The fourth-order valence-electron chi connectivity index (χ4n) is 1.38. The Morgan fingerprint density at radius 3 is 1.48 bits per heavy atom. The summed E-state index contributed by atoms with van der Waals surface area (Å²) < 4.78 is 117. The minimum Gasteiger partial charge on any atom is -0.860 e. The first-order chi connectivity index (χ1) is 9.28. The zero-order valence-electron chi connectivity index (χ0n) is 9.20. The normalized spacial score (nSPS) is 12.5. The zero-order valence-corrected chi connectivity index (χ0v) is 9.20. The fourth-order valence-corrected chi connectivity index (χ4v) is 1.38. The smallest absolute Gasteiger partial charge is 0.420 e. The predicted octanol–water partition coefficient (Wildman–Crippen LogP) is 1.23. The standard InChI is InChI=1S/C8BF9O3/c10-3-1(7(13,14)15)2(8(16,17)18)6(21-9(19)20)5(12)4(3)11/q-2. The van der Waals surface area contributed by atoms with Gasteiger partial charge in [-0.1, -0.05) is 0 Å². The van der Waals surface area contributed by atoms with E-state index in [2.05, 4.69) is 4.65 Å². The number of alkyl halides is 6. The molecule has 1 rings (SSSR count). The van der Waals surface area contributed by atoms with Crippen LogP contribution in [0.15, 0.2) is 0 Å². The highest BCUT2D eigenvalue weighted by Crippen LogP contribution is 2.48. The Morgan fingerprint density at radius 2 is 1.14 bits per heavy atom. The topological polar surface area (TPSA) is 55.3 Å². The lowest BCUT2D eigenvalue weighted by Crippen LogP contribution is -2.51. The first-order valence-electron chi connectivity index (χ1n) is 4.61. The third-order valence-corrected chi connectivity index (χ3v) is 2.06. The van der Waals surface area contributed by atoms with Crippen molar-refractivity contribution in [3.63, 3.8) is 0 Å². The van der Waals surface area contributed by atoms with E-state index in [1.807, 2.05) is 0 Å². The molecule has 0 fully saturated rings. The average molecular weight is 326 g/mol. The monoisotopic (exact) mass is 326 g/mol. The van der Waals surface area contributed by atoms with Crippen LogP contribution in [0.2, 0.25) is 0 Å². The van der Waals surface area contributed by atoms with Crippen molar-refractivity contribution < 1.29 is 54.2 Å². The first kappa shape index (κ1) is 17.4. The molecule has 0 atom stereocenters. The van der Waals surface area contributed by atoms with Crippen LogP contribution >= 0.6 is 0 Å². The molecule has 0 unspecified atom stereocenters. The highest BCUT2D eigenvalue weighted by Gasteiger charge is 2.50. The summed E-state index contributed by atoms with van der Waals surface area (Å²) in [6.45, 7) is 0. The van der Waals surface area contributed by atoms with Crippen molar-refractivity contribution >= 4 is 7.32 Å². The second-order valence-electron chi connectivity index (χ2n) is 3.42. The molecular weight excluding hydrogens is 326 g/mol. The van der Waals surface area contributed by atoms with E-state index in [0.29, 0.717) is 0 Å². The Labute approximate surface area is 109 Å². The maximum absolute atomic E-state index is 13.1. The molecule has 0 N–H and O–H groups in total. The van der Waals surface area contributed by atoms with E-state index in [4.69, 9.17) is 0 Å². The second kappa shape index (κ2) is 5.29. The Hall–Kier alpha value is -1.63. The van der Waals surface area contributed by atoms with Gasteiger partial charge in [0, 0.05) is 0 Å². The second-order valence-corrected chi connectivity index (χ2v) is 3.42. The van der Waals surface area contributed by atoms with Crippen LogP contribution in [-0.4, -0.2) is 7.32 Å². The largest absolute Gasteiger partial charge is 0.860 e. The number of rotatable bonds is 2. The molecule has 21 heavy (non-hydrogen) atoms. The van der Waals surface area contributed by atoms with Gasteiger partial charge in [-0.2, -0.15) is 30.7 Å². The molecule has 1 aromatic rings. The molecule has 0 aliphatic heterocycles. The predicted molar refractivity (Wildman–Crippen MR) is 42.7 cm³/mol. The summed E-state index contributed by atoms with van der Waals surface area (Å²) in [5, 5.41) is 20.2. The summed E-state index contributed by atoms with van der Waals surface area (Å²) >= 11 is 0. The number of hydrogen-bond acceptors (Lipinski definition) is 3. The van der Waals surface area contributed by atoms with Gasteiger partial charge in [-0.25, -0.2) is 8.78 Å². The molecule has 0 aliphatic rings. The fraction of sp³-hybridized carbons (Fsp3) is 0.250. The quantitative estimate of drug-likeness (QED) is 0.467. The maximum atomic E-state index is 13.1. The lowest BCUT2D eigenvalue weighted by molar-refractivity contribution is -0.372. The van der Waals surface area contributed by atoms with Crippen molar-refractivity contribution in [1.29, 1.82) is 0 Å². The summed E-state index contributed by atoms with van der Waals surface area (Å²) in [5.41, 5.74) is -6.37. The highest BCUT2D eigenvalue weighted by molar-refractivity contribution is 6.29. The van der Waals surface area contributed by atoms with Gasteiger partial charge in [0.15, 0.2) is 11.6 Å². The van der Waals surface area contributed by atoms with E-state index in [9.17, 15) is 49.6 Å². The van der Waals surface area contributed by atoms with Crippen LogP contribution in [0.25, 0.3) is 0 Å². The Balaban J connectivity index is 3.91. The number of benzene rings is 1. The summed E-state index contributed by atoms with van der Waals surface area (Å²) in [6, 6.07) is 0. The van der Waals surface area contributed by atoms with Crippen molar-refractivity contribution in [1.82, 2.24) is 0 Å². The van der Waals surface area contributed by atoms with Gasteiger partial charge in [-0.3, -0.25) is 0 Å². The molecule has 0 heterocycles. The third-order valence-electron chi connectivity index (χ3n) is 2.06. The summed E-state index contributed by atoms with van der Waals surface area (Å²) in [7, 11) is -3.70. The molecule has 3 nitrogen and oxygen atoms in total. The van der Waals surface area contributed by atoms with Gasteiger partial charge in [-0.05, 0) is 0 Å². The summed E-state index contributed by atoms with van der Waals surface area (Å²) in [5.74, 6) is -11.7. The zero-order chi connectivity index (χ0) is 16.7. The van der Waals surface area contributed by atoms with Crippen molar-refractivity contribution in [2.75, 3.05) is 0 Å². The molecule has 0 aromatic heterocycles. The van der Waals surface area contributed by atoms with Gasteiger partial charge in [0.05, 0.1) is 0 Å². The third kappa shape index (κ3) is 3.35. The van der Waals surface area contributed by atoms with Gasteiger partial charge < -0.3 is 14.7 Å². The maximum Gasteiger partial charge on any atom is 0.420 e. The molecule has 118 valence electrons. The molecule has 0 saturated carbocycles. The first-order valence-corrected chi connectivity index (χ1v) is 4.61. The van der Waals surface area contributed by atoms with E-state index < -0.39 is 54.0 Å². The molecule has 0 radical (unpaired) electrons. The van der Waals surface area contributed by atoms with Crippen molar-refractivity contribution in [3.05, 3.63) is 28.6 Å². The molecule has 0 saturated heterocycles. The van der Waals surface area contributed by atoms with Gasteiger partial charge >= 0.3 is 12.4 Å². The molecule has 0 spiro atoms. The van der Waals surface area contributed by atoms with Crippen LogP contribution in [0.5, 0.6) is 5.75 Å². The van der Waals surface area contributed by atoms with Gasteiger partial charge in [-0.15, -0.1) is 0 Å². The molecular formula is C8BF9O3-2. The SMILES string of the molecule is [O-]B([O-])Oc1c(F)c(F)c(F)c(C(F)(F)F)c1C(F)(F)F. The van der Waals surface area contributed by atoms with E-state index in [1.54, 1.807) is 0 Å². The molecule has 0 bridgehead atoms. The summed E-state index contributed by atoms with van der Waals surface area (Å²) in [6.07, 6.45) is -12.2. The lowest BCUT2D eigenvalue weighted by atomic mass is 10.0. The van der Waals surface area contributed by atoms with Crippen LogP contribution in [0.3, 0.4) is 0 Å². The number of hydrogen-bond donors (Lipinski definition) is 0. The van der Waals surface area contributed by atoms with E-state index >= 15 is 0 Å². The van der Waals surface area contributed by atoms with Crippen LogP contribution in [0, 0.1) is 17.5 Å². The molecule has 13 heteroatoms. The summed E-state index contributed by atoms with van der Waals surface area (Å²) in [4.78, 5) is 0. The van der Waals surface area contributed by atoms with Crippen molar-refractivity contribution in [3.8, 4) is 5.75 Å². The molecule has 1 aromatic carbocycles. The minimum absolute atomic E-state index is 2.65. The average Bonchev–Trinajstić information content (AvgIpc) is 2.25. The van der Waals surface area contributed by atoms with E-state index in [1.165, 1.54) is 0 Å². The minimum atomic E-state index is -6.09. The van der Waals surface area contributed by atoms with Crippen LogP contribution in [-0.2, 0) is 12.4 Å². The Kier molecular flexibility index (Phi) is 4.39. The Morgan fingerprint density at radius 1 is 0.714 bits per heavy atom. The highest BCUT2D eigenvalue weighted by atomic mass is 19.4. The van der Waals surface area contributed by atoms with Crippen LogP contribution in [0.1, 0.15) is 11.1 Å². The van der Waals surface area contributed by atoms with Gasteiger partial charge in [0.2, 0.25) is 5.82 Å².